The van der Waals surface area contributed by atoms with Crippen molar-refractivity contribution in [2.75, 3.05) is 0 Å². The minimum Gasteiger partial charge on any atom is -0.364 e. The summed E-state index contributed by atoms with van der Waals surface area (Å²) in [6.45, 7) is 14.2. The molecule has 0 fully saturated rings. The zero-order valence-electron chi connectivity index (χ0n) is 17.6. The molecule has 0 saturated heterocycles. The fourth-order valence-electron chi connectivity index (χ4n) is 2.24. The van der Waals surface area contributed by atoms with Crippen molar-refractivity contribution in [1.82, 2.24) is 9.97 Å². The number of hydrogen-bond acceptors (Lipinski definition) is 3. The van der Waals surface area contributed by atoms with E-state index < -0.39 is 0 Å². The van der Waals surface area contributed by atoms with E-state index in [0.29, 0.717) is 5.92 Å². The number of aliphatic imine (C=N–C) groups is 1. The molecule has 2 heterocycles. The summed E-state index contributed by atoms with van der Waals surface area (Å²) in [5.41, 5.74) is 5.29. The van der Waals surface area contributed by atoms with Crippen LogP contribution in [0.1, 0.15) is 56.8 Å². The number of aromatic amines is 1. The highest BCUT2D eigenvalue weighted by molar-refractivity contribution is 7.11. The van der Waals surface area contributed by atoms with Gasteiger partial charge in [0.05, 0.1) is 11.4 Å². The molecular weight excluding hydrogens is 362 g/mol. The Morgan fingerprint density at radius 2 is 2.18 bits per heavy atom. The maximum absolute atomic E-state index is 4.79. The Morgan fingerprint density at radius 1 is 1.46 bits per heavy atom. The van der Waals surface area contributed by atoms with E-state index in [-0.39, 0.29) is 0 Å². The number of thiazole rings is 1. The minimum atomic E-state index is 0.450. The highest BCUT2D eigenvalue weighted by Gasteiger charge is 2.13. The SMILES string of the molecule is C#CCC.C=C/C=C(\N=CC(C)CC)c1nc(-c2c[nH]c(C)c2/C=C\C)cs1. The molecule has 1 unspecified atom stereocenters. The Hall–Kier alpha value is -2.64. The molecule has 4 heteroatoms. The summed E-state index contributed by atoms with van der Waals surface area (Å²) in [4.78, 5) is 12.7. The van der Waals surface area contributed by atoms with Gasteiger partial charge in [0.1, 0.15) is 5.01 Å². The summed E-state index contributed by atoms with van der Waals surface area (Å²) in [7, 11) is 0. The molecular formula is C24H31N3S. The fourth-order valence-corrected chi connectivity index (χ4v) is 3.04. The highest BCUT2D eigenvalue weighted by Crippen LogP contribution is 2.31. The van der Waals surface area contributed by atoms with Crippen LogP contribution in [-0.2, 0) is 0 Å². The molecule has 2 aromatic heterocycles. The Bertz CT molecular complexity index is 872. The predicted molar refractivity (Wildman–Crippen MR) is 127 cm³/mol. The predicted octanol–water partition coefficient (Wildman–Crippen LogP) is 7.15. The van der Waals surface area contributed by atoms with Crippen LogP contribution in [0.5, 0.6) is 0 Å². The number of H-pyrrole nitrogens is 1. The summed E-state index contributed by atoms with van der Waals surface area (Å²) in [6.07, 6.45) is 18.5. The van der Waals surface area contributed by atoms with E-state index in [4.69, 9.17) is 11.4 Å². The zero-order chi connectivity index (χ0) is 20.9. The molecule has 0 aliphatic heterocycles. The van der Waals surface area contributed by atoms with Gasteiger partial charge in [-0.25, -0.2) is 4.98 Å². The first-order chi connectivity index (χ1) is 13.5. The van der Waals surface area contributed by atoms with E-state index in [1.54, 1.807) is 17.4 Å². The zero-order valence-corrected chi connectivity index (χ0v) is 18.4. The van der Waals surface area contributed by atoms with Crippen LogP contribution < -0.4 is 0 Å². The second-order valence-corrected chi connectivity index (χ2v) is 7.15. The van der Waals surface area contributed by atoms with Crippen LogP contribution in [0.3, 0.4) is 0 Å². The Morgan fingerprint density at radius 3 is 2.75 bits per heavy atom. The van der Waals surface area contributed by atoms with Gasteiger partial charge in [0.25, 0.3) is 0 Å². The maximum atomic E-state index is 4.79. The van der Waals surface area contributed by atoms with Crippen molar-refractivity contribution >= 4 is 29.3 Å². The van der Waals surface area contributed by atoms with Gasteiger partial charge in [-0.3, -0.25) is 4.99 Å². The Labute approximate surface area is 174 Å². The van der Waals surface area contributed by atoms with Crippen LogP contribution in [0, 0.1) is 25.2 Å². The molecule has 0 amide bonds. The van der Waals surface area contributed by atoms with E-state index in [1.807, 2.05) is 38.4 Å². The second kappa shape index (κ2) is 12.7. The van der Waals surface area contributed by atoms with E-state index in [1.165, 1.54) is 5.56 Å². The molecule has 0 aliphatic rings. The van der Waals surface area contributed by atoms with Crippen molar-refractivity contribution in [2.45, 2.75) is 47.5 Å². The number of terminal acetylenes is 1. The molecule has 2 rings (SSSR count). The van der Waals surface area contributed by atoms with Gasteiger partial charge in [0.2, 0.25) is 0 Å². The van der Waals surface area contributed by atoms with Crippen LogP contribution in [0.4, 0.5) is 0 Å². The molecule has 1 N–H and O–H groups in total. The number of rotatable bonds is 7. The third-order valence-corrected chi connectivity index (χ3v) is 4.92. The standard InChI is InChI=1S/C20H25N3S.C4H6/c1-6-9-16-15(5)21-12-17(16)19-13-24-20(23-19)18(10-7-2)22-11-14(4)8-3;1-3-4-2/h6-7,9-14,21H,2,8H2,1,3-5H3;1H,4H2,2H3/b9-6-,18-10-,22-11?;. The monoisotopic (exact) mass is 393 g/mol. The normalized spacial score (nSPS) is 12.6. The van der Waals surface area contributed by atoms with Crippen LogP contribution in [-0.4, -0.2) is 16.2 Å². The highest BCUT2D eigenvalue weighted by atomic mass is 32.1. The first kappa shape index (κ1) is 23.4. The smallest absolute Gasteiger partial charge is 0.142 e. The molecule has 3 nitrogen and oxygen atoms in total. The Balaban J connectivity index is 0.000000892. The lowest BCUT2D eigenvalue weighted by Gasteiger charge is -2.01. The average Bonchev–Trinajstić information content (AvgIpc) is 3.32. The fraction of sp³-hybridized carbons (Fsp3) is 0.333. The van der Waals surface area contributed by atoms with Gasteiger partial charge < -0.3 is 4.98 Å². The van der Waals surface area contributed by atoms with Crippen molar-refractivity contribution in [1.29, 1.82) is 0 Å². The Kier molecular flexibility index (Phi) is 10.6. The third-order valence-electron chi connectivity index (χ3n) is 4.05. The lowest BCUT2D eigenvalue weighted by atomic mass is 10.1. The third kappa shape index (κ3) is 6.83. The van der Waals surface area contributed by atoms with Crippen molar-refractivity contribution in [3.63, 3.8) is 0 Å². The number of aromatic nitrogens is 2. The molecule has 0 spiro atoms. The van der Waals surface area contributed by atoms with Gasteiger partial charge in [-0.05, 0) is 32.3 Å². The van der Waals surface area contributed by atoms with Crippen molar-refractivity contribution in [2.24, 2.45) is 10.9 Å². The summed E-state index contributed by atoms with van der Waals surface area (Å²) >= 11 is 1.61. The number of hydrogen-bond donors (Lipinski definition) is 1. The molecule has 0 saturated carbocycles. The molecule has 1 atom stereocenters. The number of nitrogens with zero attached hydrogens (tertiary/aromatic N) is 2. The average molecular weight is 394 g/mol. The summed E-state index contributed by atoms with van der Waals surface area (Å²) in [6, 6.07) is 0. The lowest BCUT2D eigenvalue weighted by molar-refractivity contribution is 0.755. The van der Waals surface area contributed by atoms with Gasteiger partial charge in [0.15, 0.2) is 0 Å². The molecule has 148 valence electrons. The summed E-state index contributed by atoms with van der Waals surface area (Å²) in [5.74, 6) is 2.88. The van der Waals surface area contributed by atoms with E-state index in [2.05, 4.69) is 54.7 Å². The second-order valence-electron chi connectivity index (χ2n) is 6.29. The molecule has 0 aliphatic carbocycles. The van der Waals surface area contributed by atoms with Crippen LogP contribution in [0.25, 0.3) is 23.0 Å². The number of aryl methyl sites for hydroxylation is 1. The van der Waals surface area contributed by atoms with Gasteiger partial charge >= 0.3 is 0 Å². The maximum Gasteiger partial charge on any atom is 0.142 e. The quantitative estimate of drug-likeness (QED) is 0.303. The van der Waals surface area contributed by atoms with Crippen LogP contribution in [0.15, 0.2) is 41.4 Å². The molecule has 0 bridgehead atoms. The van der Waals surface area contributed by atoms with Crippen LogP contribution >= 0.6 is 11.3 Å². The lowest BCUT2D eigenvalue weighted by Crippen LogP contribution is -1.93. The molecule has 2 aromatic rings. The largest absolute Gasteiger partial charge is 0.364 e. The topological polar surface area (TPSA) is 41.0 Å². The number of allylic oxidation sites excluding steroid dienone is 3. The molecule has 0 aromatic carbocycles. The minimum absolute atomic E-state index is 0.450. The van der Waals surface area contributed by atoms with Crippen molar-refractivity contribution in [3.8, 4) is 23.6 Å². The van der Waals surface area contributed by atoms with E-state index in [9.17, 15) is 0 Å². The summed E-state index contributed by atoms with van der Waals surface area (Å²) < 4.78 is 0. The van der Waals surface area contributed by atoms with Crippen molar-refractivity contribution < 1.29 is 0 Å². The first-order valence-corrected chi connectivity index (χ1v) is 10.5. The van der Waals surface area contributed by atoms with E-state index >= 15 is 0 Å². The van der Waals surface area contributed by atoms with Crippen LogP contribution in [0.2, 0.25) is 0 Å². The number of nitrogens with one attached hydrogen (secondary N) is 1. The molecule has 28 heavy (non-hydrogen) atoms. The van der Waals surface area contributed by atoms with Crippen molar-refractivity contribution in [3.05, 3.63) is 52.6 Å². The van der Waals surface area contributed by atoms with E-state index in [0.717, 1.165) is 40.5 Å². The first-order valence-electron chi connectivity index (χ1n) is 9.59. The van der Waals surface area contributed by atoms with Gasteiger partial charge in [-0.1, -0.05) is 45.6 Å². The van der Waals surface area contributed by atoms with Gasteiger partial charge in [-0.15, -0.1) is 23.7 Å². The molecule has 0 radical (unpaired) electrons. The van der Waals surface area contributed by atoms with Gasteiger partial charge in [0, 0.05) is 41.0 Å². The summed E-state index contributed by atoms with van der Waals surface area (Å²) in [5, 5.41) is 3.00. The van der Waals surface area contributed by atoms with Gasteiger partial charge in [-0.2, -0.15) is 0 Å².